The van der Waals surface area contributed by atoms with E-state index in [1.807, 2.05) is 0 Å². The van der Waals surface area contributed by atoms with Crippen molar-refractivity contribution in [3.05, 3.63) is 45.0 Å². The predicted molar refractivity (Wildman–Crippen MR) is 75.0 cm³/mol. The number of halogens is 1. The van der Waals surface area contributed by atoms with Crippen LogP contribution in [0.2, 0.25) is 0 Å². The number of benzene rings is 1. The number of allylic oxidation sites excluding steroid dienone is 1. The summed E-state index contributed by atoms with van der Waals surface area (Å²) >= 11 is 2.33. The molecule has 1 aromatic carbocycles. The first-order valence-corrected chi connectivity index (χ1v) is 6.35. The molecule has 0 aromatic heterocycles. The van der Waals surface area contributed by atoms with Crippen LogP contribution in [0.5, 0.6) is 0 Å². The average molecular weight is 315 g/mol. The number of hydrogen-bond donors (Lipinski definition) is 1. The third-order valence-corrected chi connectivity index (χ3v) is 2.87. The first kappa shape index (κ1) is 12.7. The fourth-order valence-corrected chi connectivity index (χ4v) is 1.86. The fraction of sp³-hybridized carbons (Fsp3) is 0.385. The van der Waals surface area contributed by atoms with Gasteiger partial charge in [0, 0.05) is 3.57 Å². The lowest BCUT2D eigenvalue weighted by atomic mass is 10.0. The van der Waals surface area contributed by atoms with Gasteiger partial charge in [0.15, 0.2) is 0 Å². The maximum absolute atomic E-state index is 3.47. The molecule has 1 rings (SSSR count). The van der Waals surface area contributed by atoms with Crippen molar-refractivity contribution in [1.82, 2.24) is 5.32 Å². The predicted octanol–water partition coefficient (Wildman–Crippen LogP) is 3.91. The van der Waals surface area contributed by atoms with Crippen LogP contribution in [0, 0.1) is 3.57 Å². The van der Waals surface area contributed by atoms with Crippen LogP contribution < -0.4 is 5.32 Å². The van der Waals surface area contributed by atoms with E-state index in [0.717, 1.165) is 6.54 Å². The summed E-state index contributed by atoms with van der Waals surface area (Å²) in [5.74, 6) is 0. The van der Waals surface area contributed by atoms with E-state index in [9.17, 15) is 0 Å². The maximum atomic E-state index is 3.47. The molecule has 15 heavy (non-hydrogen) atoms. The molecule has 0 aliphatic rings. The molecular formula is C13H18IN. The van der Waals surface area contributed by atoms with Gasteiger partial charge < -0.3 is 5.32 Å². The molecule has 0 aliphatic carbocycles. The van der Waals surface area contributed by atoms with Crippen LogP contribution in [0.1, 0.15) is 32.4 Å². The van der Waals surface area contributed by atoms with Gasteiger partial charge >= 0.3 is 0 Å². The van der Waals surface area contributed by atoms with E-state index < -0.39 is 0 Å². The minimum Gasteiger partial charge on any atom is -0.307 e. The summed E-state index contributed by atoms with van der Waals surface area (Å²) in [7, 11) is 0. The Morgan fingerprint density at radius 3 is 2.40 bits per heavy atom. The summed E-state index contributed by atoms with van der Waals surface area (Å²) in [6.45, 7) is 7.40. The highest BCUT2D eigenvalue weighted by Gasteiger charge is 2.05. The molecule has 1 unspecified atom stereocenters. The standard InChI is InChI=1S/C13H18IN/c1-4-15-13(9-10(2)3)11-5-7-12(14)8-6-11/h5-9,13,15H,4H2,1-3H3. The summed E-state index contributed by atoms with van der Waals surface area (Å²) in [5.41, 5.74) is 2.68. The Balaban J connectivity index is 2.88. The van der Waals surface area contributed by atoms with Crippen molar-refractivity contribution in [3.8, 4) is 0 Å². The fourth-order valence-electron chi connectivity index (χ4n) is 1.50. The van der Waals surface area contributed by atoms with Gasteiger partial charge in [-0.1, -0.05) is 30.7 Å². The van der Waals surface area contributed by atoms with E-state index in [1.165, 1.54) is 14.7 Å². The van der Waals surface area contributed by atoms with Crippen molar-refractivity contribution >= 4 is 22.6 Å². The monoisotopic (exact) mass is 315 g/mol. The van der Waals surface area contributed by atoms with Crippen LogP contribution >= 0.6 is 22.6 Å². The Morgan fingerprint density at radius 2 is 1.93 bits per heavy atom. The number of rotatable bonds is 4. The molecule has 0 bridgehead atoms. The molecule has 0 radical (unpaired) electrons. The van der Waals surface area contributed by atoms with Crippen LogP contribution in [0.4, 0.5) is 0 Å². The van der Waals surface area contributed by atoms with Gasteiger partial charge in [0.25, 0.3) is 0 Å². The molecular weight excluding hydrogens is 297 g/mol. The molecule has 82 valence electrons. The first-order chi connectivity index (χ1) is 7.13. The average Bonchev–Trinajstić information content (AvgIpc) is 2.17. The molecule has 0 spiro atoms. The molecule has 0 aliphatic heterocycles. The van der Waals surface area contributed by atoms with E-state index >= 15 is 0 Å². The number of nitrogens with one attached hydrogen (secondary N) is 1. The normalized spacial score (nSPS) is 12.3. The Labute approximate surface area is 106 Å². The second-order valence-corrected chi connectivity index (χ2v) is 5.08. The lowest BCUT2D eigenvalue weighted by molar-refractivity contribution is 0.644. The van der Waals surface area contributed by atoms with Crippen LogP contribution in [-0.2, 0) is 0 Å². The van der Waals surface area contributed by atoms with Crippen molar-refractivity contribution in [2.75, 3.05) is 6.54 Å². The van der Waals surface area contributed by atoms with Crippen molar-refractivity contribution < 1.29 is 0 Å². The quantitative estimate of drug-likeness (QED) is 0.656. The first-order valence-electron chi connectivity index (χ1n) is 5.27. The SMILES string of the molecule is CCNC(C=C(C)C)c1ccc(I)cc1. The molecule has 2 heteroatoms. The van der Waals surface area contributed by atoms with E-state index in [2.05, 4.69) is 79.0 Å². The van der Waals surface area contributed by atoms with Crippen molar-refractivity contribution in [1.29, 1.82) is 0 Å². The van der Waals surface area contributed by atoms with Gasteiger partial charge in [-0.05, 0) is 60.7 Å². The summed E-state index contributed by atoms with van der Waals surface area (Å²) in [4.78, 5) is 0. The van der Waals surface area contributed by atoms with Crippen molar-refractivity contribution in [3.63, 3.8) is 0 Å². The van der Waals surface area contributed by atoms with Gasteiger partial charge in [0.2, 0.25) is 0 Å². The van der Waals surface area contributed by atoms with Crippen LogP contribution in [0.3, 0.4) is 0 Å². The van der Waals surface area contributed by atoms with Gasteiger partial charge in [-0.2, -0.15) is 0 Å². The van der Waals surface area contributed by atoms with E-state index in [0.29, 0.717) is 6.04 Å². The third kappa shape index (κ3) is 4.34. The third-order valence-electron chi connectivity index (χ3n) is 2.15. The van der Waals surface area contributed by atoms with Gasteiger partial charge in [0.1, 0.15) is 0 Å². The second kappa shape index (κ2) is 6.28. The van der Waals surface area contributed by atoms with Gasteiger partial charge in [0.05, 0.1) is 6.04 Å². The molecule has 0 fully saturated rings. The lowest BCUT2D eigenvalue weighted by Crippen LogP contribution is -2.19. The molecule has 0 saturated carbocycles. The second-order valence-electron chi connectivity index (χ2n) is 3.83. The van der Waals surface area contributed by atoms with Gasteiger partial charge in [-0.3, -0.25) is 0 Å². The molecule has 1 aromatic rings. The Morgan fingerprint density at radius 1 is 1.33 bits per heavy atom. The Kier molecular flexibility index (Phi) is 5.32. The summed E-state index contributed by atoms with van der Waals surface area (Å²) < 4.78 is 1.28. The summed E-state index contributed by atoms with van der Waals surface area (Å²) in [6.07, 6.45) is 2.27. The molecule has 1 nitrogen and oxygen atoms in total. The molecule has 0 saturated heterocycles. The van der Waals surface area contributed by atoms with Crippen LogP contribution in [-0.4, -0.2) is 6.54 Å². The van der Waals surface area contributed by atoms with Crippen molar-refractivity contribution in [2.45, 2.75) is 26.8 Å². The largest absolute Gasteiger partial charge is 0.307 e. The maximum Gasteiger partial charge on any atom is 0.0508 e. The van der Waals surface area contributed by atoms with Gasteiger partial charge in [-0.25, -0.2) is 0 Å². The smallest absolute Gasteiger partial charge is 0.0508 e. The van der Waals surface area contributed by atoms with E-state index in [4.69, 9.17) is 0 Å². The van der Waals surface area contributed by atoms with Crippen molar-refractivity contribution in [2.24, 2.45) is 0 Å². The van der Waals surface area contributed by atoms with Gasteiger partial charge in [-0.15, -0.1) is 0 Å². The van der Waals surface area contributed by atoms with E-state index in [1.54, 1.807) is 0 Å². The summed E-state index contributed by atoms with van der Waals surface area (Å²) in [6, 6.07) is 9.03. The zero-order valence-electron chi connectivity index (χ0n) is 9.55. The van der Waals surface area contributed by atoms with Crippen LogP contribution in [0.15, 0.2) is 35.9 Å². The Hall–Kier alpha value is -0.350. The zero-order chi connectivity index (χ0) is 11.3. The highest BCUT2D eigenvalue weighted by Crippen LogP contribution is 2.17. The minimum atomic E-state index is 0.344. The number of likely N-dealkylation sites (N-methyl/N-ethyl adjacent to an activating group) is 1. The highest BCUT2D eigenvalue weighted by molar-refractivity contribution is 14.1. The Bertz CT molecular complexity index is 323. The zero-order valence-corrected chi connectivity index (χ0v) is 11.7. The van der Waals surface area contributed by atoms with Crippen LogP contribution in [0.25, 0.3) is 0 Å². The topological polar surface area (TPSA) is 12.0 Å². The molecule has 0 heterocycles. The molecule has 0 amide bonds. The lowest BCUT2D eigenvalue weighted by Gasteiger charge is -2.15. The molecule has 1 N–H and O–H groups in total. The number of hydrogen-bond acceptors (Lipinski definition) is 1. The molecule has 1 atom stereocenters. The highest BCUT2D eigenvalue weighted by atomic mass is 127. The minimum absolute atomic E-state index is 0.344. The van der Waals surface area contributed by atoms with E-state index in [-0.39, 0.29) is 0 Å². The summed E-state index contributed by atoms with van der Waals surface area (Å²) in [5, 5.41) is 3.47.